The number of nitrogens with one attached hydrogen (secondary N) is 1. The molecule has 2 heterocycles. The normalized spacial score (nSPS) is 14.2. The average Bonchev–Trinajstić information content (AvgIpc) is 3.33. The minimum Gasteiger partial charge on any atom is -0.274 e. The first-order valence-corrected chi connectivity index (χ1v) is 13.2. The summed E-state index contributed by atoms with van der Waals surface area (Å²) < 4.78 is 28.3. The first-order chi connectivity index (χ1) is 15.2. The first kappa shape index (κ1) is 23.0. The van der Waals surface area contributed by atoms with E-state index in [1.807, 2.05) is 0 Å². The van der Waals surface area contributed by atoms with Gasteiger partial charge >= 0.3 is 0 Å². The van der Waals surface area contributed by atoms with Gasteiger partial charge in [-0.1, -0.05) is 52.4 Å². The Hall–Kier alpha value is -2.18. The predicted octanol–water partition coefficient (Wildman–Crippen LogP) is 4.59. The number of nitrogens with zero attached hydrogens (tertiary/aromatic N) is 3. The van der Waals surface area contributed by atoms with Crippen LogP contribution in [0, 0.1) is 0 Å². The highest BCUT2D eigenvalue weighted by molar-refractivity contribution is 8.00. The van der Waals surface area contributed by atoms with Crippen LogP contribution in [0.1, 0.15) is 18.4 Å². The minimum absolute atomic E-state index is 0.0346. The number of rotatable bonds is 7. The van der Waals surface area contributed by atoms with Crippen LogP contribution in [-0.2, 0) is 25.4 Å². The summed E-state index contributed by atoms with van der Waals surface area (Å²) in [6.45, 7) is 0. The summed E-state index contributed by atoms with van der Waals surface area (Å²) >= 11 is 14.7. The molecule has 1 N–H and O–H groups in total. The molecular weight excluding hydrogens is 515 g/mol. The van der Waals surface area contributed by atoms with Crippen molar-refractivity contribution in [3.8, 4) is 0 Å². The van der Waals surface area contributed by atoms with Crippen molar-refractivity contribution in [2.24, 2.45) is 0 Å². The molecule has 3 aromatic rings. The highest BCUT2D eigenvalue weighted by Crippen LogP contribution is 2.34. The van der Waals surface area contributed by atoms with Gasteiger partial charge < -0.3 is 0 Å². The second-order valence-electron chi connectivity index (χ2n) is 6.58. The molecule has 1 saturated heterocycles. The van der Waals surface area contributed by atoms with Crippen molar-refractivity contribution in [1.82, 2.24) is 10.2 Å². The van der Waals surface area contributed by atoms with Gasteiger partial charge in [0.05, 0.1) is 10.6 Å². The lowest BCUT2D eigenvalue weighted by Gasteiger charge is -2.14. The van der Waals surface area contributed by atoms with Crippen LogP contribution in [0.15, 0.2) is 51.7 Å². The quantitative estimate of drug-likeness (QED) is 0.352. The van der Waals surface area contributed by atoms with Gasteiger partial charge in [0.25, 0.3) is 10.0 Å². The number of thioether (sulfide) groups is 1. The number of aromatic nitrogens is 2. The molecule has 0 saturated carbocycles. The number of carbonyl (C=O) groups excluding carboxylic acids is 2. The Balaban J connectivity index is 1.43. The molecular formula is C19H14Cl2N4O4S3. The molecule has 1 fully saturated rings. The van der Waals surface area contributed by atoms with Gasteiger partial charge in [0, 0.05) is 28.6 Å². The molecule has 32 heavy (non-hydrogen) atoms. The number of imide groups is 1. The predicted molar refractivity (Wildman–Crippen MR) is 125 cm³/mol. The lowest BCUT2D eigenvalue weighted by Crippen LogP contribution is -2.28. The van der Waals surface area contributed by atoms with Gasteiger partial charge in [-0.05, 0) is 42.0 Å². The molecule has 0 aliphatic carbocycles. The fourth-order valence-corrected chi connectivity index (χ4v) is 6.65. The first-order valence-electron chi connectivity index (χ1n) is 9.12. The topological polar surface area (TPSA) is 109 Å². The van der Waals surface area contributed by atoms with Gasteiger partial charge in [0.1, 0.15) is 0 Å². The van der Waals surface area contributed by atoms with Crippen LogP contribution in [0.5, 0.6) is 0 Å². The third kappa shape index (κ3) is 4.91. The van der Waals surface area contributed by atoms with E-state index in [9.17, 15) is 18.0 Å². The number of hydrogen-bond donors (Lipinski definition) is 1. The summed E-state index contributed by atoms with van der Waals surface area (Å²) in [6, 6.07) is 10.7. The number of halogens is 2. The fraction of sp³-hybridized carbons (Fsp3) is 0.158. The summed E-state index contributed by atoms with van der Waals surface area (Å²) in [5.41, 5.74) is 1.09. The van der Waals surface area contributed by atoms with Crippen LogP contribution in [0.25, 0.3) is 0 Å². The minimum atomic E-state index is -3.93. The van der Waals surface area contributed by atoms with Crippen molar-refractivity contribution in [1.29, 1.82) is 0 Å². The maximum absolute atomic E-state index is 12.7. The molecule has 0 atom stereocenters. The Morgan fingerprint density at radius 1 is 1.00 bits per heavy atom. The third-order valence-corrected chi connectivity index (χ3v) is 8.68. The molecule has 2 aromatic carbocycles. The van der Waals surface area contributed by atoms with Crippen LogP contribution in [0.4, 0.5) is 10.8 Å². The van der Waals surface area contributed by atoms with Gasteiger partial charge in [-0.2, -0.15) is 0 Å². The highest BCUT2D eigenvalue weighted by Gasteiger charge is 2.30. The molecule has 1 aliphatic heterocycles. The Kier molecular flexibility index (Phi) is 6.72. The third-order valence-electron chi connectivity index (χ3n) is 4.49. The Bertz CT molecular complexity index is 1260. The Labute approximate surface area is 202 Å². The lowest BCUT2D eigenvalue weighted by molar-refractivity contribution is -0.121. The maximum atomic E-state index is 12.7. The fourth-order valence-electron chi connectivity index (χ4n) is 2.93. The van der Waals surface area contributed by atoms with Crippen molar-refractivity contribution in [2.45, 2.75) is 27.8 Å². The highest BCUT2D eigenvalue weighted by atomic mass is 35.5. The Morgan fingerprint density at radius 2 is 1.62 bits per heavy atom. The second-order valence-corrected chi connectivity index (χ2v) is 11.3. The SMILES string of the molecule is O=C1CCC(=O)N1c1ccc(S(=O)(=O)Nc2nnc(SCc3c(Cl)cccc3Cl)s2)cc1. The number of amides is 2. The molecule has 0 unspecified atom stereocenters. The molecule has 0 radical (unpaired) electrons. The zero-order valence-electron chi connectivity index (χ0n) is 16.1. The van der Waals surface area contributed by atoms with E-state index in [0.717, 1.165) is 21.8 Å². The number of benzene rings is 2. The van der Waals surface area contributed by atoms with E-state index >= 15 is 0 Å². The number of sulfonamides is 1. The molecule has 8 nitrogen and oxygen atoms in total. The van der Waals surface area contributed by atoms with E-state index < -0.39 is 10.0 Å². The summed E-state index contributed by atoms with van der Waals surface area (Å²) in [5, 5.41) is 9.05. The van der Waals surface area contributed by atoms with Crippen molar-refractivity contribution in [3.05, 3.63) is 58.1 Å². The van der Waals surface area contributed by atoms with Gasteiger partial charge in [-0.3, -0.25) is 19.2 Å². The van der Waals surface area contributed by atoms with E-state index in [2.05, 4.69) is 14.9 Å². The van der Waals surface area contributed by atoms with Crippen LogP contribution >= 0.6 is 46.3 Å². The van der Waals surface area contributed by atoms with Crippen molar-refractivity contribution in [2.75, 3.05) is 9.62 Å². The van der Waals surface area contributed by atoms with E-state index in [1.54, 1.807) is 18.2 Å². The van der Waals surface area contributed by atoms with E-state index in [4.69, 9.17) is 23.2 Å². The number of hydrogen-bond acceptors (Lipinski definition) is 8. The molecule has 2 amide bonds. The summed E-state index contributed by atoms with van der Waals surface area (Å²) in [7, 11) is -3.93. The van der Waals surface area contributed by atoms with Gasteiger partial charge in [0.2, 0.25) is 16.9 Å². The molecule has 1 aliphatic rings. The summed E-state index contributed by atoms with van der Waals surface area (Å²) in [4.78, 5) is 24.7. The zero-order chi connectivity index (χ0) is 22.9. The lowest BCUT2D eigenvalue weighted by atomic mass is 10.2. The second kappa shape index (κ2) is 9.36. The molecule has 13 heteroatoms. The smallest absolute Gasteiger partial charge is 0.263 e. The van der Waals surface area contributed by atoms with Crippen LogP contribution in [-0.4, -0.2) is 30.4 Å². The van der Waals surface area contributed by atoms with Crippen molar-refractivity contribution >= 4 is 79.0 Å². The van der Waals surface area contributed by atoms with Gasteiger partial charge in [-0.25, -0.2) is 8.42 Å². The average molecular weight is 529 g/mol. The van der Waals surface area contributed by atoms with E-state index in [-0.39, 0.29) is 34.7 Å². The summed E-state index contributed by atoms with van der Waals surface area (Å²) in [5.74, 6) is -0.156. The molecule has 4 rings (SSSR count). The van der Waals surface area contributed by atoms with Crippen LogP contribution in [0.3, 0.4) is 0 Å². The van der Waals surface area contributed by atoms with Crippen LogP contribution < -0.4 is 9.62 Å². The number of anilines is 2. The Morgan fingerprint density at radius 3 is 2.25 bits per heavy atom. The standard InChI is InChI=1S/C19H14Cl2N4O4S3/c20-14-2-1-3-15(21)13(14)10-30-19-23-22-18(31-19)24-32(28,29)12-6-4-11(5-7-12)25-16(26)8-9-17(25)27/h1-7H,8-10H2,(H,22,24). The summed E-state index contributed by atoms with van der Waals surface area (Å²) in [6.07, 6.45) is 0.307. The van der Waals surface area contributed by atoms with E-state index in [1.165, 1.54) is 36.0 Å². The monoisotopic (exact) mass is 528 g/mol. The maximum Gasteiger partial charge on any atom is 0.263 e. The molecule has 0 bridgehead atoms. The largest absolute Gasteiger partial charge is 0.274 e. The number of carbonyl (C=O) groups is 2. The molecule has 1 aromatic heterocycles. The zero-order valence-corrected chi connectivity index (χ0v) is 20.1. The van der Waals surface area contributed by atoms with Crippen molar-refractivity contribution < 1.29 is 18.0 Å². The van der Waals surface area contributed by atoms with Crippen LogP contribution in [0.2, 0.25) is 10.0 Å². The molecule has 166 valence electrons. The van der Waals surface area contributed by atoms with Gasteiger partial charge in [-0.15, -0.1) is 10.2 Å². The van der Waals surface area contributed by atoms with E-state index in [0.29, 0.717) is 25.8 Å². The molecule has 0 spiro atoms. The van der Waals surface area contributed by atoms with Crippen molar-refractivity contribution in [3.63, 3.8) is 0 Å². The van der Waals surface area contributed by atoms with Gasteiger partial charge in [0.15, 0.2) is 4.34 Å².